The Balaban J connectivity index is 2.29. The van der Waals surface area contributed by atoms with Crippen molar-refractivity contribution in [1.82, 2.24) is 5.48 Å². The second-order valence-electron chi connectivity index (χ2n) is 2.25. The van der Waals surface area contributed by atoms with E-state index >= 15 is 0 Å². The molecule has 1 aliphatic rings. The SMILES string of the molecule is CCO[C@@H]1C[C@H](C(=O)O)NO1. The molecule has 1 rings (SSSR count). The van der Waals surface area contributed by atoms with Crippen LogP contribution in [0.3, 0.4) is 0 Å². The maximum atomic E-state index is 10.4. The van der Waals surface area contributed by atoms with Gasteiger partial charge in [-0.1, -0.05) is 0 Å². The van der Waals surface area contributed by atoms with Crippen LogP contribution in [0.4, 0.5) is 0 Å². The molecule has 64 valence electrons. The van der Waals surface area contributed by atoms with Crippen LogP contribution in [0.5, 0.6) is 0 Å². The topological polar surface area (TPSA) is 67.8 Å². The Morgan fingerprint density at radius 3 is 3.09 bits per heavy atom. The van der Waals surface area contributed by atoms with Gasteiger partial charge in [-0.15, -0.1) is 0 Å². The van der Waals surface area contributed by atoms with Crippen molar-refractivity contribution in [3.63, 3.8) is 0 Å². The number of hydrogen-bond donors (Lipinski definition) is 2. The van der Waals surface area contributed by atoms with E-state index in [0.29, 0.717) is 13.0 Å². The zero-order valence-electron chi connectivity index (χ0n) is 6.24. The molecule has 0 amide bonds. The van der Waals surface area contributed by atoms with Crippen LogP contribution in [0.2, 0.25) is 0 Å². The van der Waals surface area contributed by atoms with E-state index in [2.05, 4.69) is 5.48 Å². The standard InChI is InChI=1S/C6H11NO4/c1-2-10-5-3-4(6(8)9)7-11-5/h4-5,7H,2-3H2,1H3,(H,8,9)/t4-,5+/m1/s1. The molecule has 0 saturated carbocycles. The third-order valence-electron chi connectivity index (χ3n) is 1.42. The summed E-state index contributed by atoms with van der Waals surface area (Å²) in [6.45, 7) is 2.36. The summed E-state index contributed by atoms with van der Waals surface area (Å²) in [5.74, 6) is -0.910. The van der Waals surface area contributed by atoms with Gasteiger partial charge in [0, 0.05) is 13.0 Å². The lowest BCUT2D eigenvalue weighted by Crippen LogP contribution is -2.29. The van der Waals surface area contributed by atoms with Crippen molar-refractivity contribution >= 4 is 5.97 Å². The summed E-state index contributed by atoms with van der Waals surface area (Å²) in [5.41, 5.74) is 2.37. The van der Waals surface area contributed by atoms with Gasteiger partial charge in [0.15, 0.2) is 6.29 Å². The lowest BCUT2D eigenvalue weighted by Gasteiger charge is -2.05. The molecule has 0 aromatic rings. The second-order valence-corrected chi connectivity index (χ2v) is 2.25. The van der Waals surface area contributed by atoms with Gasteiger partial charge < -0.3 is 9.84 Å². The normalized spacial score (nSPS) is 30.6. The lowest BCUT2D eigenvalue weighted by molar-refractivity contribution is -0.146. The van der Waals surface area contributed by atoms with Crippen molar-refractivity contribution in [3.8, 4) is 0 Å². The molecule has 2 N–H and O–H groups in total. The van der Waals surface area contributed by atoms with Crippen LogP contribution in [0.15, 0.2) is 0 Å². The van der Waals surface area contributed by atoms with Crippen LogP contribution in [0, 0.1) is 0 Å². The van der Waals surface area contributed by atoms with Crippen molar-refractivity contribution in [1.29, 1.82) is 0 Å². The molecule has 0 unspecified atom stereocenters. The first-order chi connectivity index (χ1) is 5.24. The fourth-order valence-electron chi connectivity index (χ4n) is 0.886. The van der Waals surface area contributed by atoms with E-state index in [1.807, 2.05) is 6.92 Å². The molecule has 1 saturated heterocycles. The molecule has 0 aromatic carbocycles. The second kappa shape index (κ2) is 3.66. The first-order valence-electron chi connectivity index (χ1n) is 3.49. The minimum atomic E-state index is -0.910. The van der Waals surface area contributed by atoms with Crippen molar-refractivity contribution in [2.75, 3.05) is 6.61 Å². The molecule has 0 radical (unpaired) electrons. The van der Waals surface area contributed by atoms with Gasteiger partial charge in [0.2, 0.25) is 0 Å². The van der Waals surface area contributed by atoms with Crippen molar-refractivity contribution < 1.29 is 19.5 Å². The van der Waals surface area contributed by atoms with Gasteiger partial charge in [0.05, 0.1) is 0 Å². The summed E-state index contributed by atoms with van der Waals surface area (Å²) in [6.07, 6.45) is -0.0514. The number of hydrogen-bond acceptors (Lipinski definition) is 4. The molecule has 2 atom stereocenters. The average molecular weight is 161 g/mol. The summed E-state index contributed by atoms with van der Waals surface area (Å²) < 4.78 is 5.04. The van der Waals surface area contributed by atoms with Crippen molar-refractivity contribution in [3.05, 3.63) is 0 Å². The smallest absolute Gasteiger partial charge is 0.323 e. The summed E-state index contributed by atoms with van der Waals surface area (Å²) in [6, 6.07) is -0.633. The van der Waals surface area contributed by atoms with Crippen LogP contribution in [0.1, 0.15) is 13.3 Å². The Bertz CT molecular complexity index is 150. The third-order valence-corrected chi connectivity index (χ3v) is 1.42. The molecule has 5 heteroatoms. The number of aliphatic carboxylic acids is 1. The monoisotopic (exact) mass is 161 g/mol. The highest BCUT2D eigenvalue weighted by Crippen LogP contribution is 2.11. The minimum absolute atomic E-state index is 0.364. The van der Waals surface area contributed by atoms with E-state index in [0.717, 1.165) is 0 Å². The van der Waals surface area contributed by atoms with Crippen LogP contribution >= 0.6 is 0 Å². The van der Waals surface area contributed by atoms with E-state index in [4.69, 9.17) is 14.7 Å². The van der Waals surface area contributed by atoms with Crippen molar-refractivity contribution in [2.45, 2.75) is 25.7 Å². The van der Waals surface area contributed by atoms with Gasteiger partial charge in [-0.2, -0.15) is 5.48 Å². The molecule has 5 nitrogen and oxygen atoms in total. The predicted octanol–water partition coefficient (Wildman–Crippen LogP) is -0.273. The Morgan fingerprint density at radius 1 is 1.91 bits per heavy atom. The van der Waals surface area contributed by atoms with E-state index in [9.17, 15) is 4.79 Å². The third kappa shape index (κ3) is 2.14. The number of carbonyl (C=O) groups is 1. The van der Waals surface area contributed by atoms with E-state index in [1.165, 1.54) is 0 Å². The number of carboxylic acids is 1. The van der Waals surface area contributed by atoms with Gasteiger partial charge >= 0.3 is 5.97 Å². The number of carboxylic acid groups (broad SMARTS) is 1. The first kappa shape index (κ1) is 8.45. The summed E-state index contributed by atoms with van der Waals surface area (Å²) in [5, 5.41) is 8.50. The first-order valence-corrected chi connectivity index (χ1v) is 3.49. The molecule has 1 aliphatic heterocycles. The van der Waals surface area contributed by atoms with E-state index < -0.39 is 18.3 Å². The molecule has 11 heavy (non-hydrogen) atoms. The molecular formula is C6H11NO4. The van der Waals surface area contributed by atoms with E-state index in [-0.39, 0.29) is 0 Å². The Labute approximate surface area is 64.2 Å². The van der Waals surface area contributed by atoms with E-state index in [1.54, 1.807) is 0 Å². The average Bonchev–Trinajstić information content (AvgIpc) is 2.37. The van der Waals surface area contributed by atoms with Crippen molar-refractivity contribution in [2.24, 2.45) is 0 Å². The summed E-state index contributed by atoms with van der Waals surface area (Å²) >= 11 is 0. The van der Waals surface area contributed by atoms with Crippen LogP contribution in [-0.4, -0.2) is 30.0 Å². The zero-order chi connectivity index (χ0) is 8.27. The molecule has 1 heterocycles. The molecule has 0 aliphatic carbocycles. The fraction of sp³-hybridized carbons (Fsp3) is 0.833. The zero-order valence-corrected chi connectivity index (χ0v) is 6.24. The lowest BCUT2D eigenvalue weighted by atomic mass is 10.2. The van der Waals surface area contributed by atoms with Crippen LogP contribution < -0.4 is 5.48 Å². The Kier molecular flexibility index (Phi) is 2.81. The van der Waals surface area contributed by atoms with Gasteiger partial charge in [-0.25, -0.2) is 0 Å². The quantitative estimate of drug-likeness (QED) is 0.596. The molecular weight excluding hydrogens is 150 g/mol. The highest BCUT2D eigenvalue weighted by Gasteiger charge is 2.30. The maximum absolute atomic E-state index is 10.4. The number of ether oxygens (including phenoxy) is 1. The van der Waals surface area contributed by atoms with Crippen LogP contribution in [0.25, 0.3) is 0 Å². The molecule has 1 fully saturated rings. The largest absolute Gasteiger partial charge is 0.480 e. The highest BCUT2D eigenvalue weighted by atomic mass is 16.8. The maximum Gasteiger partial charge on any atom is 0.323 e. The Morgan fingerprint density at radius 2 is 2.64 bits per heavy atom. The number of rotatable bonds is 3. The Hall–Kier alpha value is -0.650. The number of nitrogens with one attached hydrogen (secondary N) is 1. The summed E-state index contributed by atoms with van der Waals surface area (Å²) in [7, 11) is 0. The van der Waals surface area contributed by atoms with Gasteiger partial charge in [0.1, 0.15) is 6.04 Å². The molecule has 0 bridgehead atoms. The highest BCUT2D eigenvalue weighted by molar-refractivity contribution is 5.73. The molecule has 0 spiro atoms. The van der Waals surface area contributed by atoms with Gasteiger partial charge in [0.25, 0.3) is 0 Å². The van der Waals surface area contributed by atoms with Gasteiger partial charge in [-0.3, -0.25) is 9.63 Å². The van der Waals surface area contributed by atoms with Crippen LogP contribution in [-0.2, 0) is 14.4 Å². The van der Waals surface area contributed by atoms with Gasteiger partial charge in [-0.05, 0) is 6.92 Å². The summed E-state index contributed by atoms with van der Waals surface area (Å²) in [4.78, 5) is 15.2. The fourth-order valence-corrected chi connectivity index (χ4v) is 0.886. The minimum Gasteiger partial charge on any atom is -0.480 e. The predicted molar refractivity (Wildman–Crippen MR) is 35.7 cm³/mol. The number of hydroxylamine groups is 1. The molecule has 0 aromatic heterocycles.